The summed E-state index contributed by atoms with van der Waals surface area (Å²) in [4.78, 5) is 4.32. The van der Waals surface area contributed by atoms with Crippen LogP contribution in [0.15, 0.2) is 24.4 Å². The number of halogens is 1. The fourth-order valence-electron chi connectivity index (χ4n) is 1.88. The molecule has 0 aliphatic rings. The van der Waals surface area contributed by atoms with Crippen molar-refractivity contribution in [3.05, 3.63) is 35.0 Å². The molecule has 0 radical (unpaired) electrons. The number of ether oxygens (including phenoxy) is 1. The molecule has 0 bridgehead atoms. The van der Waals surface area contributed by atoms with Crippen LogP contribution in [0.2, 0.25) is 5.02 Å². The molecule has 2 rings (SSSR count). The highest BCUT2D eigenvalue weighted by Crippen LogP contribution is 2.32. The Bertz CT molecular complexity index is 523. The number of aromatic nitrogens is 1. The van der Waals surface area contributed by atoms with Gasteiger partial charge in [-0.05, 0) is 23.6 Å². The molecule has 1 aromatic carbocycles. The quantitative estimate of drug-likeness (QED) is 0.784. The van der Waals surface area contributed by atoms with Crippen molar-refractivity contribution in [3.8, 4) is 5.75 Å². The first kappa shape index (κ1) is 11.2. The Morgan fingerprint density at radius 1 is 1.31 bits per heavy atom. The van der Waals surface area contributed by atoms with Gasteiger partial charge in [-0.3, -0.25) is 4.98 Å². The summed E-state index contributed by atoms with van der Waals surface area (Å²) in [5.74, 6) is 1.20. The topological polar surface area (TPSA) is 22.1 Å². The number of rotatable bonds is 2. The Hall–Kier alpha value is -1.28. The molecule has 0 aliphatic heterocycles. The van der Waals surface area contributed by atoms with Gasteiger partial charge in [-0.25, -0.2) is 0 Å². The van der Waals surface area contributed by atoms with Gasteiger partial charge in [0.1, 0.15) is 5.75 Å². The van der Waals surface area contributed by atoms with Crippen molar-refractivity contribution in [1.82, 2.24) is 4.98 Å². The minimum Gasteiger partial charge on any atom is -0.497 e. The number of benzene rings is 1. The summed E-state index contributed by atoms with van der Waals surface area (Å²) in [6.07, 6.45) is 1.71. The van der Waals surface area contributed by atoms with E-state index in [-0.39, 0.29) is 0 Å². The number of nitrogens with zero attached hydrogens (tertiary/aromatic N) is 1. The summed E-state index contributed by atoms with van der Waals surface area (Å²) in [6, 6.07) is 5.88. The van der Waals surface area contributed by atoms with Gasteiger partial charge in [-0.1, -0.05) is 25.4 Å². The maximum Gasteiger partial charge on any atom is 0.121 e. The van der Waals surface area contributed by atoms with Crippen LogP contribution in [0.3, 0.4) is 0 Å². The van der Waals surface area contributed by atoms with Crippen molar-refractivity contribution in [2.24, 2.45) is 0 Å². The zero-order valence-electron chi connectivity index (χ0n) is 9.62. The van der Waals surface area contributed by atoms with Gasteiger partial charge in [-0.15, -0.1) is 0 Å². The number of methoxy groups -OCH3 is 1. The monoisotopic (exact) mass is 235 g/mol. The van der Waals surface area contributed by atoms with Gasteiger partial charge in [0.2, 0.25) is 0 Å². The van der Waals surface area contributed by atoms with Crippen LogP contribution < -0.4 is 4.74 Å². The number of pyridine rings is 1. The first-order valence-electron chi connectivity index (χ1n) is 5.25. The lowest BCUT2D eigenvalue weighted by Gasteiger charge is -2.12. The van der Waals surface area contributed by atoms with Crippen LogP contribution in [0.25, 0.3) is 10.9 Å². The Morgan fingerprint density at radius 3 is 2.69 bits per heavy atom. The fraction of sp³-hybridized carbons (Fsp3) is 0.308. The average Bonchev–Trinajstić information content (AvgIpc) is 2.27. The second-order valence-corrected chi connectivity index (χ2v) is 4.46. The van der Waals surface area contributed by atoms with Gasteiger partial charge in [0, 0.05) is 17.6 Å². The Balaban J connectivity index is 2.74. The third-order valence-corrected chi connectivity index (χ3v) is 2.95. The summed E-state index contributed by atoms with van der Waals surface area (Å²) in [5, 5.41) is 1.83. The second-order valence-electron chi connectivity index (χ2n) is 4.06. The Kier molecular flexibility index (Phi) is 3.01. The highest BCUT2D eigenvalue weighted by Gasteiger charge is 2.11. The third kappa shape index (κ3) is 1.85. The van der Waals surface area contributed by atoms with Gasteiger partial charge in [0.05, 0.1) is 17.6 Å². The van der Waals surface area contributed by atoms with Crippen LogP contribution in [0.1, 0.15) is 25.3 Å². The molecule has 84 valence electrons. The molecule has 0 unspecified atom stereocenters. The third-order valence-electron chi connectivity index (χ3n) is 2.65. The minimum absolute atomic E-state index is 0.381. The van der Waals surface area contributed by atoms with Gasteiger partial charge in [0.25, 0.3) is 0 Å². The van der Waals surface area contributed by atoms with Crippen molar-refractivity contribution in [2.45, 2.75) is 19.8 Å². The molecule has 1 heterocycles. The molecule has 1 aromatic heterocycles. The molecule has 0 atom stereocenters. The fourth-order valence-corrected chi connectivity index (χ4v) is 2.25. The average molecular weight is 236 g/mol. The predicted octanol–water partition coefficient (Wildman–Crippen LogP) is 4.02. The SMILES string of the molecule is COc1ccc2c(C(C)C)c(Cl)cnc2c1. The molecule has 16 heavy (non-hydrogen) atoms. The summed E-state index contributed by atoms with van der Waals surface area (Å²) < 4.78 is 5.18. The first-order valence-corrected chi connectivity index (χ1v) is 5.63. The van der Waals surface area contributed by atoms with Crippen molar-refractivity contribution >= 4 is 22.5 Å². The molecule has 0 saturated carbocycles. The Labute approximate surface area is 100 Å². The van der Waals surface area contributed by atoms with Crippen LogP contribution in [-0.2, 0) is 0 Å². The van der Waals surface area contributed by atoms with Crippen molar-refractivity contribution in [2.75, 3.05) is 7.11 Å². The maximum absolute atomic E-state index is 6.18. The van der Waals surface area contributed by atoms with Crippen LogP contribution >= 0.6 is 11.6 Å². The minimum atomic E-state index is 0.381. The normalized spacial score (nSPS) is 11.1. The van der Waals surface area contributed by atoms with E-state index in [4.69, 9.17) is 16.3 Å². The number of hydrogen-bond acceptors (Lipinski definition) is 2. The maximum atomic E-state index is 6.18. The molecule has 0 fully saturated rings. The zero-order chi connectivity index (χ0) is 11.7. The molecule has 2 nitrogen and oxygen atoms in total. The summed E-state index contributed by atoms with van der Waals surface area (Å²) in [7, 11) is 1.65. The Morgan fingerprint density at radius 2 is 2.06 bits per heavy atom. The molecule has 2 aromatic rings. The van der Waals surface area contributed by atoms with E-state index in [1.807, 2.05) is 18.2 Å². The van der Waals surface area contributed by atoms with Gasteiger partial charge < -0.3 is 4.74 Å². The lowest BCUT2D eigenvalue weighted by Crippen LogP contribution is -1.94. The van der Waals surface area contributed by atoms with E-state index in [9.17, 15) is 0 Å². The van der Waals surface area contributed by atoms with E-state index in [1.165, 1.54) is 0 Å². The van der Waals surface area contributed by atoms with Gasteiger partial charge in [-0.2, -0.15) is 0 Å². The number of hydrogen-bond donors (Lipinski definition) is 0. The van der Waals surface area contributed by atoms with Crippen LogP contribution in [0, 0.1) is 0 Å². The molecule has 0 N–H and O–H groups in total. The molecule has 0 spiro atoms. The molecule has 3 heteroatoms. The number of fused-ring (bicyclic) bond motifs is 1. The molecule has 0 saturated heterocycles. The van der Waals surface area contributed by atoms with E-state index >= 15 is 0 Å². The summed E-state index contributed by atoms with van der Waals surface area (Å²) in [6.45, 7) is 4.26. The molecular weight excluding hydrogens is 222 g/mol. The lowest BCUT2D eigenvalue weighted by atomic mass is 9.99. The summed E-state index contributed by atoms with van der Waals surface area (Å²) in [5.41, 5.74) is 2.07. The van der Waals surface area contributed by atoms with E-state index in [0.717, 1.165) is 27.2 Å². The lowest BCUT2D eigenvalue weighted by molar-refractivity contribution is 0.415. The first-order chi connectivity index (χ1) is 7.63. The molecule has 0 aliphatic carbocycles. The van der Waals surface area contributed by atoms with Crippen molar-refractivity contribution in [1.29, 1.82) is 0 Å². The largest absolute Gasteiger partial charge is 0.497 e. The highest BCUT2D eigenvalue weighted by atomic mass is 35.5. The van der Waals surface area contributed by atoms with Crippen LogP contribution in [0.5, 0.6) is 5.75 Å². The van der Waals surface area contributed by atoms with Gasteiger partial charge >= 0.3 is 0 Å². The second kappa shape index (κ2) is 4.30. The predicted molar refractivity (Wildman–Crippen MR) is 67.4 cm³/mol. The standard InChI is InChI=1S/C13H14ClNO/c1-8(2)13-10-5-4-9(16-3)6-12(10)15-7-11(13)14/h4-8H,1-3H3. The van der Waals surface area contributed by atoms with Gasteiger partial charge in [0.15, 0.2) is 0 Å². The van der Waals surface area contributed by atoms with E-state index in [2.05, 4.69) is 18.8 Å². The molecular formula is C13H14ClNO. The smallest absolute Gasteiger partial charge is 0.121 e. The van der Waals surface area contributed by atoms with E-state index in [0.29, 0.717) is 5.92 Å². The van der Waals surface area contributed by atoms with E-state index < -0.39 is 0 Å². The molecule has 0 amide bonds. The zero-order valence-corrected chi connectivity index (χ0v) is 10.4. The van der Waals surface area contributed by atoms with E-state index in [1.54, 1.807) is 13.3 Å². The van der Waals surface area contributed by atoms with Crippen molar-refractivity contribution in [3.63, 3.8) is 0 Å². The summed E-state index contributed by atoms with van der Waals surface area (Å²) >= 11 is 6.18. The van der Waals surface area contributed by atoms with Crippen LogP contribution in [0.4, 0.5) is 0 Å². The van der Waals surface area contributed by atoms with Crippen LogP contribution in [-0.4, -0.2) is 12.1 Å². The highest BCUT2D eigenvalue weighted by molar-refractivity contribution is 6.32. The van der Waals surface area contributed by atoms with Crippen molar-refractivity contribution < 1.29 is 4.74 Å².